The molecule has 0 aliphatic carbocycles. The maximum Gasteiger partial charge on any atom is 0.273 e. The van der Waals surface area contributed by atoms with Crippen molar-refractivity contribution in [1.82, 2.24) is 15.5 Å². The molecule has 1 fully saturated rings. The number of H-pyrrole nitrogens is 1. The molecule has 1 aliphatic rings. The molecule has 1 unspecified atom stereocenters. The van der Waals surface area contributed by atoms with Crippen LogP contribution < -0.4 is 10.5 Å². The number of aromatic nitrogens is 2. The number of nitrogens with zero attached hydrogens (tertiary/aromatic N) is 1. The monoisotopic (exact) mass is 302 g/mol. The summed E-state index contributed by atoms with van der Waals surface area (Å²) in [4.78, 5) is 11.7. The van der Waals surface area contributed by atoms with Gasteiger partial charge in [-0.15, -0.1) is 0 Å². The highest BCUT2D eigenvalue weighted by Gasteiger charge is 2.25. The van der Waals surface area contributed by atoms with Crippen LogP contribution in [0.5, 0.6) is 0 Å². The van der Waals surface area contributed by atoms with Crippen molar-refractivity contribution < 1.29 is 17.9 Å². The number of rotatable bonds is 5. The number of nitrogens with one attached hydrogen (secondary N) is 2. The van der Waals surface area contributed by atoms with E-state index < -0.39 is 15.9 Å². The molecule has 2 heterocycles. The van der Waals surface area contributed by atoms with E-state index in [0.29, 0.717) is 19.1 Å². The summed E-state index contributed by atoms with van der Waals surface area (Å²) in [7, 11) is -3.98. The van der Waals surface area contributed by atoms with Gasteiger partial charge < -0.3 is 10.1 Å². The Labute approximate surface area is 117 Å². The Hall–Kier alpha value is -1.45. The minimum absolute atomic E-state index is 0.187. The first-order chi connectivity index (χ1) is 9.39. The first-order valence-electron chi connectivity index (χ1n) is 6.33. The molecule has 112 valence electrons. The second-order valence-electron chi connectivity index (χ2n) is 4.85. The second-order valence-corrected chi connectivity index (χ2v) is 6.34. The average Bonchev–Trinajstić information content (AvgIpc) is 2.97. The Morgan fingerprint density at radius 3 is 2.95 bits per heavy atom. The number of carbonyl (C=O) groups is 1. The lowest BCUT2D eigenvalue weighted by atomic mass is 10.1. The summed E-state index contributed by atoms with van der Waals surface area (Å²) >= 11 is 0. The number of aromatic amines is 1. The first-order valence-corrected chi connectivity index (χ1v) is 7.88. The number of carbonyl (C=O) groups excluding carboxylic acids is 1. The number of primary sulfonamides is 1. The molecule has 2 rings (SSSR count). The number of ether oxygens (including phenoxy) is 1. The van der Waals surface area contributed by atoms with Crippen LogP contribution in [0.25, 0.3) is 0 Å². The van der Waals surface area contributed by atoms with Gasteiger partial charge in [0.25, 0.3) is 5.91 Å². The maximum atomic E-state index is 12.0. The van der Waals surface area contributed by atoms with E-state index in [1.54, 1.807) is 0 Å². The third-order valence-electron chi connectivity index (χ3n) is 3.25. The molecular weight excluding hydrogens is 284 g/mol. The van der Waals surface area contributed by atoms with Crippen LogP contribution in [0.15, 0.2) is 4.90 Å². The highest BCUT2D eigenvalue weighted by molar-refractivity contribution is 7.89. The fourth-order valence-corrected chi connectivity index (χ4v) is 3.09. The van der Waals surface area contributed by atoms with E-state index >= 15 is 0 Å². The molecular formula is C11H18N4O4S. The topological polar surface area (TPSA) is 127 Å². The fraction of sp³-hybridized carbons (Fsp3) is 0.636. The number of amides is 1. The molecule has 8 nitrogen and oxygen atoms in total. The summed E-state index contributed by atoms with van der Waals surface area (Å²) in [6.45, 7) is 3.41. The van der Waals surface area contributed by atoms with Gasteiger partial charge in [0.2, 0.25) is 10.0 Å². The van der Waals surface area contributed by atoms with Gasteiger partial charge in [-0.05, 0) is 25.7 Å². The number of nitrogens with two attached hydrogens (primary N) is 1. The van der Waals surface area contributed by atoms with Crippen molar-refractivity contribution in [3.8, 4) is 0 Å². The van der Waals surface area contributed by atoms with Crippen LogP contribution in [-0.4, -0.2) is 44.3 Å². The van der Waals surface area contributed by atoms with Gasteiger partial charge >= 0.3 is 0 Å². The minimum atomic E-state index is -3.98. The lowest BCUT2D eigenvalue weighted by Crippen LogP contribution is -2.28. The van der Waals surface area contributed by atoms with Gasteiger partial charge in [0.15, 0.2) is 5.69 Å². The lowest BCUT2D eigenvalue weighted by molar-refractivity contribution is 0.0942. The summed E-state index contributed by atoms with van der Waals surface area (Å²) in [6, 6.07) is 0. The van der Waals surface area contributed by atoms with E-state index in [-0.39, 0.29) is 16.3 Å². The molecule has 1 aromatic rings. The van der Waals surface area contributed by atoms with Gasteiger partial charge in [-0.1, -0.05) is 0 Å². The number of aryl methyl sites for hydroxylation is 1. The van der Waals surface area contributed by atoms with Crippen molar-refractivity contribution >= 4 is 15.9 Å². The number of hydrogen-bond acceptors (Lipinski definition) is 5. The molecule has 0 aromatic carbocycles. The largest absolute Gasteiger partial charge is 0.381 e. The molecule has 0 bridgehead atoms. The zero-order chi connectivity index (χ0) is 14.8. The van der Waals surface area contributed by atoms with E-state index in [4.69, 9.17) is 9.88 Å². The minimum Gasteiger partial charge on any atom is -0.381 e. The molecule has 1 aliphatic heterocycles. The van der Waals surface area contributed by atoms with Crippen molar-refractivity contribution in [3.05, 3.63) is 11.4 Å². The zero-order valence-electron chi connectivity index (χ0n) is 11.2. The first kappa shape index (κ1) is 14.9. The molecule has 0 spiro atoms. The third-order valence-corrected chi connectivity index (χ3v) is 4.32. The van der Waals surface area contributed by atoms with Gasteiger partial charge in [-0.3, -0.25) is 9.89 Å². The van der Waals surface area contributed by atoms with Gasteiger partial charge in [-0.25, -0.2) is 13.6 Å². The van der Waals surface area contributed by atoms with Crippen molar-refractivity contribution in [2.45, 2.75) is 24.7 Å². The average molecular weight is 302 g/mol. The predicted octanol–water partition coefficient (Wildman–Crippen LogP) is -0.478. The predicted molar refractivity (Wildman–Crippen MR) is 70.6 cm³/mol. The van der Waals surface area contributed by atoms with E-state index in [0.717, 1.165) is 19.4 Å². The number of sulfonamides is 1. The van der Waals surface area contributed by atoms with E-state index in [9.17, 15) is 13.2 Å². The third kappa shape index (κ3) is 3.35. The maximum absolute atomic E-state index is 12.0. The van der Waals surface area contributed by atoms with Crippen molar-refractivity contribution in [2.75, 3.05) is 19.8 Å². The van der Waals surface area contributed by atoms with Crippen LogP contribution in [-0.2, 0) is 14.8 Å². The van der Waals surface area contributed by atoms with Crippen LogP contribution in [0, 0.1) is 12.8 Å². The van der Waals surface area contributed by atoms with Crippen molar-refractivity contribution in [3.63, 3.8) is 0 Å². The van der Waals surface area contributed by atoms with E-state index in [1.165, 1.54) is 6.92 Å². The van der Waals surface area contributed by atoms with Crippen LogP contribution >= 0.6 is 0 Å². The molecule has 1 amide bonds. The Balaban J connectivity index is 1.99. The smallest absolute Gasteiger partial charge is 0.273 e. The van der Waals surface area contributed by atoms with Gasteiger partial charge in [0.1, 0.15) is 4.90 Å². The van der Waals surface area contributed by atoms with Crippen LogP contribution in [0.2, 0.25) is 0 Å². The lowest BCUT2D eigenvalue weighted by Gasteiger charge is -2.08. The van der Waals surface area contributed by atoms with Crippen molar-refractivity contribution in [2.24, 2.45) is 11.1 Å². The normalized spacial score (nSPS) is 19.2. The quantitative estimate of drug-likeness (QED) is 0.677. The zero-order valence-corrected chi connectivity index (χ0v) is 12.0. The number of hydrogen-bond donors (Lipinski definition) is 3. The molecule has 1 aromatic heterocycles. The van der Waals surface area contributed by atoms with Gasteiger partial charge in [-0.2, -0.15) is 5.10 Å². The fourth-order valence-electron chi connectivity index (χ4n) is 2.21. The highest BCUT2D eigenvalue weighted by Crippen LogP contribution is 2.17. The molecule has 9 heteroatoms. The molecule has 0 saturated carbocycles. The van der Waals surface area contributed by atoms with Gasteiger partial charge in [0, 0.05) is 19.8 Å². The summed E-state index contributed by atoms with van der Waals surface area (Å²) in [5.41, 5.74) is 0.0644. The SMILES string of the molecule is Cc1[nH]nc(C(=O)NCCC2CCOC2)c1S(N)(=O)=O. The Morgan fingerprint density at radius 2 is 2.35 bits per heavy atom. The Morgan fingerprint density at radius 1 is 1.60 bits per heavy atom. The molecule has 1 atom stereocenters. The van der Waals surface area contributed by atoms with Gasteiger partial charge in [0.05, 0.1) is 5.69 Å². The van der Waals surface area contributed by atoms with Crippen LogP contribution in [0.3, 0.4) is 0 Å². The van der Waals surface area contributed by atoms with E-state index in [2.05, 4.69) is 15.5 Å². The summed E-state index contributed by atoms with van der Waals surface area (Å²) in [5, 5.41) is 13.9. The van der Waals surface area contributed by atoms with Crippen LogP contribution in [0.1, 0.15) is 29.0 Å². The summed E-state index contributed by atoms with van der Waals surface area (Å²) < 4.78 is 28.1. The van der Waals surface area contributed by atoms with Crippen LogP contribution in [0.4, 0.5) is 0 Å². The molecule has 0 radical (unpaired) electrons. The Bertz CT molecular complexity index is 590. The Kier molecular flexibility index (Phi) is 4.41. The second kappa shape index (κ2) is 5.90. The van der Waals surface area contributed by atoms with E-state index in [1.807, 2.05) is 0 Å². The molecule has 20 heavy (non-hydrogen) atoms. The standard InChI is InChI=1S/C11H18N4O4S/c1-7-10(20(12,17)18)9(15-14-7)11(16)13-4-2-8-3-5-19-6-8/h8H,2-6H2,1H3,(H,13,16)(H,14,15)(H2,12,17,18). The highest BCUT2D eigenvalue weighted by atomic mass is 32.2. The summed E-state index contributed by atoms with van der Waals surface area (Å²) in [6.07, 6.45) is 1.78. The molecule has 4 N–H and O–H groups in total. The van der Waals surface area contributed by atoms with Crippen molar-refractivity contribution in [1.29, 1.82) is 0 Å². The molecule has 1 saturated heterocycles. The summed E-state index contributed by atoms with van der Waals surface area (Å²) in [5.74, 6) is -0.105.